The summed E-state index contributed by atoms with van der Waals surface area (Å²) in [6.07, 6.45) is 64.4. The average molecular weight is 1410 g/mol. The van der Waals surface area contributed by atoms with Crippen molar-refractivity contribution in [3.63, 3.8) is 0 Å². The largest absolute Gasteiger partial charge is 0.472 e. The summed E-state index contributed by atoms with van der Waals surface area (Å²) in [6, 6.07) is 0. The number of allylic oxidation sites excluding steroid dienone is 4. The van der Waals surface area contributed by atoms with Gasteiger partial charge in [-0.15, -0.1) is 0 Å². The number of hydrogen-bond donors (Lipinski definition) is 3. The summed E-state index contributed by atoms with van der Waals surface area (Å²) in [5.74, 6) is -2.14. The number of aliphatic hydroxyl groups is 1. The molecule has 0 saturated heterocycles. The highest BCUT2D eigenvalue weighted by atomic mass is 31.2. The highest BCUT2D eigenvalue weighted by Crippen LogP contribution is 2.45. The van der Waals surface area contributed by atoms with Crippen LogP contribution in [0.3, 0.4) is 0 Å². The first-order chi connectivity index (χ1) is 46.7. The van der Waals surface area contributed by atoms with Crippen molar-refractivity contribution in [2.45, 2.75) is 406 Å². The fourth-order valence-electron chi connectivity index (χ4n) is 11.4. The summed E-state index contributed by atoms with van der Waals surface area (Å²) < 4.78 is 68.6. The second kappa shape index (κ2) is 71.0. The van der Waals surface area contributed by atoms with Gasteiger partial charge in [-0.05, 0) is 57.8 Å². The Labute approximate surface area is 586 Å². The van der Waals surface area contributed by atoms with Crippen molar-refractivity contribution in [1.82, 2.24) is 0 Å². The third-order valence-electron chi connectivity index (χ3n) is 17.4. The van der Waals surface area contributed by atoms with Gasteiger partial charge in [-0.25, -0.2) is 9.13 Å². The van der Waals surface area contributed by atoms with Crippen molar-refractivity contribution < 1.29 is 80.2 Å². The number of phosphoric acid groups is 2. The van der Waals surface area contributed by atoms with Crippen LogP contribution in [0.2, 0.25) is 0 Å². The molecule has 2 unspecified atom stereocenters. The standard InChI is InChI=1S/C77H146O17P2/c1-5-9-13-17-21-25-29-33-35-39-42-46-50-54-58-62-75(80)88-68-73(94-77(82)64-60-56-52-48-44-40-36-34-30-26-22-18-14-10-6-2)70-92-96(85,86)90-66-71(78)65-89-95(83,84)91-69-72(93-76(81)63-59-55-51-47-43-38-32-28-24-20-16-12-8-4)67-87-74(79)61-57-53-49-45-41-37-31-27-23-19-15-11-7-3/h21,25,33,35,71-73,78H,5-20,22-24,26-32,34,36-70H2,1-4H3,(H,83,84)(H,85,86)/b25-21-,35-33-/t71-,72+,73+/m0/s1. The van der Waals surface area contributed by atoms with Crippen LogP contribution in [0.1, 0.15) is 387 Å². The Bertz CT molecular complexity index is 1920. The molecule has 3 N–H and O–H groups in total. The molecule has 0 aromatic rings. The Morgan fingerprint density at radius 1 is 0.292 bits per heavy atom. The van der Waals surface area contributed by atoms with Gasteiger partial charge in [0.15, 0.2) is 12.2 Å². The monoisotopic (exact) mass is 1410 g/mol. The highest BCUT2D eigenvalue weighted by Gasteiger charge is 2.30. The Balaban J connectivity index is 5.29. The van der Waals surface area contributed by atoms with Gasteiger partial charge in [-0.2, -0.15) is 0 Å². The van der Waals surface area contributed by atoms with E-state index in [1.807, 2.05) is 0 Å². The molecule has 5 atom stereocenters. The van der Waals surface area contributed by atoms with Crippen molar-refractivity contribution in [2.24, 2.45) is 0 Å². The van der Waals surface area contributed by atoms with Crippen LogP contribution in [0, 0.1) is 0 Å². The van der Waals surface area contributed by atoms with Gasteiger partial charge in [-0.3, -0.25) is 37.3 Å². The summed E-state index contributed by atoms with van der Waals surface area (Å²) in [4.78, 5) is 72.9. The van der Waals surface area contributed by atoms with E-state index in [4.69, 9.17) is 37.0 Å². The van der Waals surface area contributed by atoms with Gasteiger partial charge in [0.25, 0.3) is 0 Å². The molecule has 0 aliphatic carbocycles. The molecule has 0 aliphatic heterocycles. The number of carbonyl (C=O) groups is 4. The first-order valence-corrected chi connectivity index (χ1v) is 42.6. The smallest absolute Gasteiger partial charge is 0.462 e. The van der Waals surface area contributed by atoms with Crippen LogP contribution in [0.15, 0.2) is 24.3 Å². The minimum Gasteiger partial charge on any atom is -0.462 e. The fourth-order valence-corrected chi connectivity index (χ4v) is 13.0. The molecule has 0 heterocycles. The van der Waals surface area contributed by atoms with E-state index in [1.165, 1.54) is 193 Å². The van der Waals surface area contributed by atoms with Gasteiger partial charge < -0.3 is 33.8 Å². The van der Waals surface area contributed by atoms with E-state index < -0.39 is 97.5 Å². The molecule has 0 bridgehead atoms. The molecular weight excluding hydrogens is 1260 g/mol. The maximum absolute atomic E-state index is 13.1. The van der Waals surface area contributed by atoms with Crippen LogP contribution >= 0.6 is 15.6 Å². The zero-order valence-electron chi connectivity index (χ0n) is 61.8. The molecule has 96 heavy (non-hydrogen) atoms. The molecule has 0 radical (unpaired) electrons. The summed E-state index contributed by atoms with van der Waals surface area (Å²) in [6.45, 7) is 4.94. The number of aliphatic hydroxyl groups excluding tert-OH is 1. The van der Waals surface area contributed by atoms with Crippen LogP contribution in [0.4, 0.5) is 0 Å². The molecule has 0 saturated carbocycles. The van der Waals surface area contributed by atoms with Crippen LogP contribution in [-0.2, 0) is 65.4 Å². The van der Waals surface area contributed by atoms with E-state index in [0.717, 1.165) is 116 Å². The first-order valence-electron chi connectivity index (χ1n) is 39.6. The molecule has 0 rings (SSSR count). The lowest BCUT2D eigenvalue weighted by Crippen LogP contribution is -2.30. The highest BCUT2D eigenvalue weighted by molar-refractivity contribution is 7.47. The van der Waals surface area contributed by atoms with Crippen molar-refractivity contribution >= 4 is 39.5 Å². The third kappa shape index (κ3) is 70.0. The van der Waals surface area contributed by atoms with Gasteiger partial charge in [0.05, 0.1) is 26.4 Å². The normalized spacial score (nSPS) is 14.0. The minimum absolute atomic E-state index is 0.102. The Hall–Kier alpha value is -2.46. The zero-order chi connectivity index (χ0) is 70.4. The van der Waals surface area contributed by atoms with Gasteiger partial charge >= 0.3 is 39.5 Å². The molecule has 19 heteroatoms. The Kier molecular flexibility index (Phi) is 69.1. The SMILES string of the molecule is CCCCC/C=C\C/C=C\CCCCCCCC(=O)OC[C@H](COP(=O)(O)OC[C@@H](O)COP(=O)(O)OC[C@@H](COC(=O)CCCCCCCCCCCCCCC)OC(=O)CCCCCCCCCCCCCCC)OC(=O)CCCCCCCCCCCCCCCCC. The van der Waals surface area contributed by atoms with Crippen LogP contribution in [-0.4, -0.2) is 96.7 Å². The van der Waals surface area contributed by atoms with Gasteiger partial charge in [0, 0.05) is 25.7 Å². The zero-order valence-corrected chi connectivity index (χ0v) is 63.6. The lowest BCUT2D eigenvalue weighted by Gasteiger charge is -2.21. The first kappa shape index (κ1) is 93.5. The molecule has 0 fully saturated rings. The average Bonchev–Trinajstić information content (AvgIpc) is 1.36. The van der Waals surface area contributed by atoms with E-state index in [2.05, 4.69) is 52.0 Å². The molecule has 0 aromatic carbocycles. The molecular formula is C77H146O17P2. The van der Waals surface area contributed by atoms with E-state index in [0.29, 0.717) is 25.7 Å². The van der Waals surface area contributed by atoms with Crippen molar-refractivity contribution in [3.05, 3.63) is 24.3 Å². The third-order valence-corrected chi connectivity index (χ3v) is 19.4. The van der Waals surface area contributed by atoms with Crippen molar-refractivity contribution in [2.75, 3.05) is 39.6 Å². The quantitative estimate of drug-likeness (QED) is 0.0169. The summed E-state index contributed by atoms with van der Waals surface area (Å²) in [5.41, 5.74) is 0. The lowest BCUT2D eigenvalue weighted by atomic mass is 10.0. The number of esters is 4. The fraction of sp³-hybridized carbons (Fsp3) is 0.896. The number of ether oxygens (including phenoxy) is 4. The van der Waals surface area contributed by atoms with E-state index >= 15 is 0 Å². The number of carbonyl (C=O) groups excluding carboxylic acids is 4. The molecule has 0 spiro atoms. The minimum atomic E-state index is -4.96. The van der Waals surface area contributed by atoms with E-state index in [9.17, 15) is 43.2 Å². The van der Waals surface area contributed by atoms with Crippen molar-refractivity contribution in [1.29, 1.82) is 0 Å². The van der Waals surface area contributed by atoms with Crippen molar-refractivity contribution in [3.8, 4) is 0 Å². The number of hydrogen-bond acceptors (Lipinski definition) is 15. The second-order valence-electron chi connectivity index (χ2n) is 27.0. The Morgan fingerprint density at radius 3 is 0.792 bits per heavy atom. The number of rotatable bonds is 76. The predicted octanol–water partition coefficient (Wildman–Crippen LogP) is 22.6. The summed E-state index contributed by atoms with van der Waals surface area (Å²) in [5, 5.41) is 10.6. The van der Waals surface area contributed by atoms with Crippen LogP contribution in [0.5, 0.6) is 0 Å². The molecule has 0 aromatic heterocycles. The predicted molar refractivity (Wildman–Crippen MR) is 391 cm³/mol. The van der Waals surface area contributed by atoms with Gasteiger partial charge in [0.2, 0.25) is 0 Å². The van der Waals surface area contributed by atoms with Gasteiger partial charge in [0.1, 0.15) is 19.3 Å². The maximum Gasteiger partial charge on any atom is 0.472 e. The lowest BCUT2D eigenvalue weighted by molar-refractivity contribution is -0.161. The van der Waals surface area contributed by atoms with Gasteiger partial charge in [-0.1, -0.05) is 328 Å². The van der Waals surface area contributed by atoms with Crippen LogP contribution in [0.25, 0.3) is 0 Å². The molecule has 0 amide bonds. The molecule has 566 valence electrons. The van der Waals surface area contributed by atoms with Crippen LogP contribution < -0.4 is 0 Å². The topological polar surface area (TPSA) is 237 Å². The second-order valence-corrected chi connectivity index (χ2v) is 29.9. The Morgan fingerprint density at radius 2 is 0.510 bits per heavy atom. The molecule has 17 nitrogen and oxygen atoms in total. The summed E-state index contributed by atoms with van der Waals surface area (Å²) in [7, 11) is -9.92. The van der Waals surface area contributed by atoms with E-state index in [-0.39, 0.29) is 25.7 Å². The number of unbranched alkanes of at least 4 members (excludes halogenated alkanes) is 46. The summed E-state index contributed by atoms with van der Waals surface area (Å²) >= 11 is 0. The number of phosphoric ester groups is 2. The molecule has 0 aliphatic rings. The van der Waals surface area contributed by atoms with E-state index in [1.54, 1.807) is 0 Å². The maximum atomic E-state index is 13.1.